The van der Waals surface area contributed by atoms with Crippen LogP contribution >= 0.6 is 0 Å². The highest BCUT2D eigenvalue weighted by Gasteiger charge is 2.64. The van der Waals surface area contributed by atoms with Gasteiger partial charge in [-0.1, -0.05) is 30.3 Å². The average molecular weight is 1880 g/mol. The number of esters is 17. The van der Waals surface area contributed by atoms with E-state index >= 15 is 0 Å². The molecule has 0 spiro atoms. The molecule has 50 heteroatoms. The van der Waals surface area contributed by atoms with Crippen LogP contribution in [0.5, 0.6) is 0 Å². The summed E-state index contributed by atoms with van der Waals surface area (Å²) in [5.41, 5.74) is 0.426. The summed E-state index contributed by atoms with van der Waals surface area (Å²) < 4.78 is 176. The van der Waals surface area contributed by atoms with Crippen molar-refractivity contribution in [3.8, 4) is 0 Å². The molecule has 2 amide bonds. The van der Waals surface area contributed by atoms with Crippen molar-refractivity contribution >= 4 is 113 Å². The number of hydrogen-bond donors (Lipinski definition) is 2. The molecular weight excluding hydrogens is 1770 g/mol. The number of amides is 2. The van der Waals surface area contributed by atoms with E-state index in [-0.39, 0.29) is 0 Å². The summed E-state index contributed by atoms with van der Waals surface area (Å²) in [7, 11) is 0. The number of ether oxygens (including phenoxy) is 29. The molecule has 50 nitrogen and oxygen atoms in total. The van der Waals surface area contributed by atoms with Gasteiger partial charge in [0.2, 0.25) is 24.2 Å². The fraction of sp³-hybridized carbons (Fsp3) is 0.691. The van der Waals surface area contributed by atoms with E-state index in [4.69, 9.17) is 137 Å². The van der Waals surface area contributed by atoms with E-state index in [2.05, 4.69) is 10.6 Å². The molecule has 1 aromatic rings. The number of rotatable bonds is 38. The summed E-state index contributed by atoms with van der Waals surface area (Å²) >= 11 is 0. The van der Waals surface area contributed by atoms with Crippen molar-refractivity contribution in [2.75, 3.05) is 39.6 Å². The second kappa shape index (κ2) is 49.8. The first-order valence-electron chi connectivity index (χ1n) is 40.7. The van der Waals surface area contributed by atoms with Gasteiger partial charge in [-0.3, -0.25) is 91.1 Å². The Labute approximate surface area is 747 Å². The van der Waals surface area contributed by atoms with E-state index in [0.29, 0.717) is 5.56 Å². The molecule has 2 N–H and O–H groups in total. The van der Waals surface area contributed by atoms with E-state index < -0.39 is 344 Å². The number of carbonyl (C=O) groups is 19. The Kier molecular flexibility index (Phi) is 40.6. The Balaban J connectivity index is 1.46. The topological polar surface area (TPSA) is 616 Å². The van der Waals surface area contributed by atoms with Gasteiger partial charge in [-0.05, 0) is 5.56 Å². The second-order valence-electron chi connectivity index (χ2n) is 30.1. The lowest BCUT2D eigenvalue weighted by atomic mass is 9.93. The van der Waals surface area contributed by atoms with Crippen LogP contribution in [0.4, 0.5) is 0 Å². The maximum Gasteiger partial charge on any atom is 0.305 e. The Morgan fingerprint density at radius 2 is 0.435 bits per heavy atom. The van der Waals surface area contributed by atoms with Gasteiger partial charge < -0.3 is 148 Å². The summed E-state index contributed by atoms with van der Waals surface area (Å²) in [5, 5.41) is 5.11. The van der Waals surface area contributed by atoms with Crippen molar-refractivity contribution in [3.05, 3.63) is 35.9 Å². The Morgan fingerprint density at radius 3 is 0.733 bits per heavy atom. The largest absolute Gasteiger partial charge is 0.463 e. The highest BCUT2D eigenvalue weighted by molar-refractivity contribution is 5.75. The molecule has 6 heterocycles. The fourth-order valence-electron chi connectivity index (χ4n) is 14.7. The number of nitrogens with one attached hydrogen (secondary N) is 2. The zero-order valence-corrected chi connectivity index (χ0v) is 74.8. The molecule has 6 aliphatic rings. The summed E-state index contributed by atoms with van der Waals surface area (Å²) in [6, 6.07) is 3.96. The van der Waals surface area contributed by atoms with Gasteiger partial charge >= 0.3 is 101 Å². The minimum absolute atomic E-state index is 0.425. The highest BCUT2D eigenvalue weighted by Crippen LogP contribution is 2.43. The maximum atomic E-state index is 14.1. The van der Waals surface area contributed by atoms with Gasteiger partial charge in [0.15, 0.2) is 86.4 Å². The van der Waals surface area contributed by atoms with Gasteiger partial charge in [0, 0.05) is 132 Å². The van der Waals surface area contributed by atoms with E-state index in [1.807, 2.05) is 0 Å². The summed E-state index contributed by atoms with van der Waals surface area (Å²) in [4.78, 5) is 253. The zero-order valence-electron chi connectivity index (χ0n) is 74.8. The average Bonchev–Trinajstić information content (AvgIpc) is 0.754. The Hall–Kier alpha value is -11.3. The van der Waals surface area contributed by atoms with Gasteiger partial charge in [-0.15, -0.1) is 0 Å². The van der Waals surface area contributed by atoms with Crippen molar-refractivity contribution in [2.45, 2.75) is 322 Å². The summed E-state index contributed by atoms with van der Waals surface area (Å²) in [6.07, 6.45) is -58.0. The van der Waals surface area contributed by atoms with E-state index in [0.717, 1.165) is 132 Å². The van der Waals surface area contributed by atoms with Crippen LogP contribution in [0.3, 0.4) is 0 Å². The third-order valence-corrected chi connectivity index (χ3v) is 19.1. The maximum absolute atomic E-state index is 14.1. The van der Waals surface area contributed by atoms with E-state index in [1.165, 1.54) is 0 Å². The lowest BCUT2D eigenvalue weighted by molar-refractivity contribution is -0.388. The Bertz CT molecular complexity index is 4220. The number of carbonyl (C=O) groups excluding carboxylic acids is 19. The molecule has 6 aliphatic heterocycles. The molecule has 1 aromatic carbocycles. The quantitative estimate of drug-likeness (QED) is 0.0540. The first-order valence-corrected chi connectivity index (χ1v) is 40.7. The minimum Gasteiger partial charge on any atom is -0.463 e. The zero-order chi connectivity index (χ0) is 97.3. The van der Waals surface area contributed by atoms with Crippen LogP contribution in [0, 0.1) is 0 Å². The predicted molar refractivity (Wildman–Crippen MR) is 414 cm³/mol. The van der Waals surface area contributed by atoms with Crippen molar-refractivity contribution in [3.63, 3.8) is 0 Å². The smallest absolute Gasteiger partial charge is 0.305 e. The minimum atomic E-state index is -2.44. The van der Waals surface area contributed by atoms with Crippen LogP contribution in [0.25, 0.3) is 0 Å². The van der Waals surface area contributed by atoms with Crippen LogP contribution in [0.15, 0.2) is 30.3 Å². The van der Waals surface area contributed by atoms with E-state index in [1.54, 1.807) is 30.3 Å². The molecule has 30 atom stereocenters. The number of hydrogen-bond acceptors (Lipinski definition) is 48. The number of benzene rings is 1. The lowest BCUT2D eigenvalue weighted by Crippen LogP contribution is -2.72. The molecule has 0 saturated carbocycles. The van der Waals surface area contributed by atoms with E-state index in [9.17, 15) is 91.1 Å². The first-order chi connectivity index (χ1) is 61.6. The van der Waals surface area contributed by atoms with Crippen LogP contribution in [0.1, 0.15) is 137 Å². The molecule has 0 radical (unpaired) electrons. The fourth-order valence-corrected chi connectivity index (χ4v) is 14.7. The summed E-state index contributed by atoms with van der Waals surface area (Å²) in [5.74, 6) is -20.6. The molecule has 1 unspecified atom stereocenters. The molecular formula is C81H108N2O48. The molecule has 730 valence electrons. The molecule has 7 rings (SSSR count). The third-order valence-electron chi connectivity index (χ3n) is 19.1. The van der Waals surface area contributed by atoms with Crippen molar-refractivity contribution in [2.24, 2.45) is 0 Å². The molecule has 6 fully saturated rings. The molecule has 0 aromatic heterocycles. The SMILES string of the molecule is CC(=O)N[C@H]1[C@H](O[C@H]2[C@@H](OC(C)=O)[C@@H](COC(C)=O)O[C@@H](O[C@H]3[C@H](OC(C)=O)[C@@H](NC(C)=O)[C@H](O[C@H]4[C@@H](OCc5ccccc5)[C@@H](COC(C)=O)O[C@@H](O[C@H]5[C@H](OC(C)=O)[C@@H](OC(C)=O)C(OC(C)=O)O[C@@H]5COC(C)=O)[C@@H]4OC(C)=O)O[C@@H]3COC(C)=O)[C@@H]2OC(C)=O)O[C@H](COC(C)=O)[C@@H](O[C@@H]2O[C@H](COC(C)=O)[C@H](OC(C)=O)[C@H](OC(C)=O)[C@H]2OC(C)=O)[C@@H]1OC(C)=O. The van der Waals surface area contributed by atoms with Gasteiger partial charge in [0.05, 0.1) is 6.61 Å². The third kappa shape index (κ3) is 32.3. The predicted octanol–water partition coefficient (Wildman–Crippen LogP) is -1.88. The van der Waals surface area contributed by atoms with Crippen molar-refractivity contribution in [1.29, 1.82) is 0 Å². The first kappa shape index (κ1) is 107. The van der Waals surface area contributed by atoms with Gasteiger partial charge in [-0.25, -0.2) is 0 Å². The van der Waals surface area contributed by atoms with Crippen molar-refractivity contribution in [1.82, 2.24) is 10.6 Å². The van der Waals surface area contributed by atoms with Crippen molar-refractivity contribution < 1.29 is 228 Å². The van der Waals surface area contributed by atoms with Crippen LogP contribution < -0.4 is 10.6 Å². The van der Waals surface area contributed by atoms with Crippen LogP contribution in [0.2, 0.25) is 0 Å². The normalized spacial score (nSPS) is 32.0. The molecule has 0 bridgehead atoms. The van der Waals surface area contributed by atoms with Gasteiger partial charge in [0.1, 0.15) is 125 Å². The van der Waals surface area contributed by atoms with Crippen LogP contribution in [-0.2, 0) is 235 Å². The molecule has 6 saturated heterocycles. The lowest BCUT2D eigenvalue weighted by Gasteiger charge is -2.52. The Morgan fingerprint density at radius 1 is 0.221 bits per heavy atom. The highest BCUT2D eigenvalue weighted by atomic mass is 16.8. The van der Waals surface area contributed by atoms with Gasteiger partial charge in [0.25, 0.3) is 0 Å². The summed E-state index contributed by atoms with van der Waals surface area (Å²) in [6.45, 7) is 11.5. The molecule has 131 heavy (non-hydrogen) atoms. The van der Waals surface area contributed by atoms with Gasteiger partial charge in [-0.2, -0.15) is 0 Å². The molecule has 0 aliphatic carbocycles. The van der Waals surface area contributed by atoms with Crippen LogP contribution in [-0.4, -0.2) is 337 Å². The standard InChI is InChI=1S/C81H108N2O48/c1-32(84)82-58-66(112-42(11)94)62(53(27-104-35(4)87)121-76(58)130-68-60(109-25-51-23-21-20-22-24-51)52(26-103-34(3)86)123-79(72(68)116-46(15)98)129-65-57(31-108-39(8)91)124-78(120-50(19)102)73(117-47(16)99)70(65)115-45(14)97)128-81-75(119-49(18)101)71(64(111-41(10)93)56(126-81)30-107-38(7)90)131-77-59(83-33(2)85)67(113-43(12)95)61(54(122-77)28-105-36(5)88)127-80-74(118-48(17)100)69(114-44(13)96)63(110-40(9)92)55(125-80)29-106-37(6)89/h20-24,52-81H,25-31H2,1-19H3,(H,82,84)(H,83,85)/t52-,53-,54-,55-,56-,57-,58-,59-,60+,61-,62-,63+,64+,65-,66-,67-,68+,69+,70+,71+,72-,73-,74-,75-,76+,77+,78?,79+,80+,81+/m1/s1. The second-order valence-corrected chi connectivity index (χ2v) is 30.1. The monoisotopic (exact) mass is 1880 g/mol.